The van der Waals surface area contributed by atoms with E-state index in [0.717, 1.165) is 22.0 Å². The Morgan fingerprint density at radius 3 is 2.76 bits per heavy atom. The lowest BCUT2D eigenvalue weighted by Crippen LogP contribution is -2.26. The number of benzene rings is 1. The number of hydrogen-bond acceptors (Lipinski definition) is 2. The number of hydrogen-bond donors (Lipinski definition) is 2. The van der Waals surface area contributed by atoms with Crippen molar-refractivity contribution in [1.82, 2.24) is 10.3 Å². The zero-order chi connectivity index (χ0) is 12.4. The number of fused-ring (bicyclic) bond motifs is 1. The van der Waals surface area contributed by atoms with Crippen LogP contribution in [-0.4, -0.2) is 11.0 Å². The van der Waals surface area contributed by atoms with E-state index < -0.39 is 0 Å². The van der Waals surface area contributed by atoms with Crippen molar-refractivity contribution >= 4 is 10.9 Å². The number of rotatable bonds is 3. The Hall–Kier alpha value is -1.61. The molecule has 0 saturated carbocycles. The van der Waals surface area contributed by atoms with E-state index in [0.29, 0.717) is 12.6 Å². The second kappa shape index (κ2) is 4.72. The summed E-state index contributed by atoms with van der Waals surface area (Å²) in [6, 6.07) is 8.43. The molecule has 1 aromatic carbocycles. The molecule has 1 heterocycles. The molecule has 0 radical (unpaired) electrons. The molecule has 2 rings (SSSR count). The largest absolute Gasteiger partial charge is 0.322 e. The molecule has 0 atom stereocenters. The first-order valence-corrected chi connectivity index (χ1v) is 5.92. The van der Waals surface area contributed by atoms with Gasteiger partial charge < -0.3 is 10.3 Å². The summed E-state index contributed by atoms with van der Waals surface area (Å²) < 4.78 is 0. The number of H-pyrrole nitrogens is 1. The SMILES string of the molecule is Cc1ccc2cc(CNC(C)C)c(=O)[nH]c2c1. The van der Waals surface area contributed by atoms with Gasteiger partial charge >= 0.3 is 0 Å². The molecule has 0 unspecified atom stereocenters. The predicted octanol–water partition coefficient (Wildman–Crippen LogP) is 2.33. The topological polar surface area (TPSA) is 44.9 Å². The highest BCUT2D eigenvalue weighted by Gasteiger charge is 2.03. The number of pyridine rings is 1. The van der Waals surface area contributed by atoms with Crippen LogP contribution in [-0.2, 0) is 6.54 Å². The van der Waals surface area contributed by atoms with E-state index in [-0.39, 0.29) is 5.56 Å². The molecule has 3 nitrogen and oxygen atoms in total. The highest BCUT2D eigenvalue weighted by Crippen LogP contribution is 2.12. The molecule has 3 heteroatoms. The Bertz CT molecular complexity index is 584. The first-order chi connectivity index (χ1) is 8.06. The molecule has 0 aliphatic heterocycles. The van der Waals surface area contributed by atoms with Gasteiger partial charge in [-0.05, 0) is 30.0 Å². The fourth-order valence-corrected chi connectivity index (χ4v) is 1.81. The Morgan fingerprint density at radius 1 is 1.29 bits per heavy atom. The van der Waals surface area contributed by atoms with Gasteiger partial charge in [0.2, 0.25) is 0 Å². The molecule has 17 heavy (non-hydrogen) atoms. The van der Waals surface area contributed by atoms with Gasteiger partial charge in [-0.25, -0.2) is 0 Å². The Labute approximate surface area is 101 Å². The first kappa shape index (κ1) is 11.9. The molecule has 2 aromatic rings. The third kappa shape index (κ3) is 2.74. The number of nitrogens with one attached hydrogen (secondary N) is 2. The summed E-state index contributed by atoms with van der Waals surface area (Å²) in [5.41, 5.74) is 2.84. The molecule has 0 aliphatic carbocycles. The minimum Gasteiger partial charge on any atom is -0.322 e. The minimum absolute atomic E-state index is 0.00347. The van der Waals surface area contributed by atoms with E-state index in [1.807, 2.05) is 25.1 Å². The second-order valence-electron chi connectivity index (χ2n) is 4.75. The van der Waals surface area contributed by atoms with Crippen molar-refractivity contribution in [2.75, 3.05) is 0 Å². The van der Waals surface area contributed by atoms with Crippen molar-refractivity contribution in [2.24, 2.45) is 0 Å². The summed E-state index contributed by atoms with van der Waals surface area (Å²) in [5.74, 6) is 0. The van der Waals surface area contributed by atoms with Gasteiger partial charge in [0.15, 0.2) is 0 Å². The van der Waals surface area contributed by atoms with Gasteiger partial charge in [-0.15, -0.1) is 0 Å². The molecule has 0 spiro atoms. The van der Waals surface area contributed by atoms with Gasteiger partial charge in [-0.2, -0.15) is 0 Å². The van der Waals surface area contributed by atoms with E-state index in [4.69, 9.17) is 0 Å². The van der Waals surface area contributed by atoms with Crippen molar-refractivity contribution < 1.29 is 0 Å². The second-order valence-corrected chi connectivity index (χ2v) is 4.75. The van der Waals surface area contributed by atoms with Crippen molar-refractivity contribution in [3.8, 4) is 0 Å². The van der Waals surface area contributed by atoms with Crippen molar-refractivity contribution in [3.63, 3.8) is 0 Å². The van der Waals surface area contributed by atoms with Crippen LogP contribution in [0.5, 0.6) is 0 Å². The fourth-order valence-electron chi connectivity index (χ4n) is 1.81. The molecule has 90 valence electrons. The van der Waals surface area contributed by atoms with Gasteiger partial charge in [0, 0.05) is 23.7 Å². The van der Waals surface area contributed by atoms with Gasteiger partial charge in [-0.1, -0.05) is 26.0 Å². The zero-order valence-electron chi connectivity index (χ0n) is 10.5. The van der Waals surface area contributed by atoms with Crippen LogP contribution in [0.15, 0.2) is 29.1 Å². The highest BCUT2D eigenvalue weighted by atomic mass is 16.1. The highest BCUT2D eigenvalue weighted by molar-refractivity contribution is 5.79. The molecule has 1 aromatic heterocycles. The van der Waals surface area contributed by atoms with E-state index in [2.05, 4.69) is 30.2 Å². The van der Waals surface area contributed by atoms with Crippen LogP contribution in [0.1, 0.15) is 25.0 Å². The number of aromatic nitrogens is 1. The lowest BCUT2D eigenvalue weighted by molar-refractivity contribution is 0.586. The monoisotopic (exact) mass is 230 g/mol. The summed E-state index contributed by atoms with van der Waals surface area (Å²) in [6.45, 7) is 6.76. The summed E-state index contributed by atoms with van der Waals surface area (Å²) in [6.07, 6.45) is 0. The quantitative estimate of drug-likeness (QED) is 0.850. The fraction of sp³-hybridized carbons (Fsp3) is 0.357. The third-order valence-electron chi connectivity index (χ3n) is 2.78. The van der Waals surface area contributed by atoms with Crippen LogP contribution >= 0.6 is 0 Å². The lowest BCUT2D eigenvalue weighted by atomic mass is 10.1. The molecule has 0 amide bonds. The van der Waals surface area contributed by atoms with Crippen molar-refractivity contribution in [2.45, 2.75) is 33.4 Å². The van der Waals surface area contributed by atoms with Crippen LogP contribution in [0.25, 0.3) is 10.9 Å². The molecule has 0 saturated heterocycles. The molecule has 0 bridgehead atoms. The average Bonchev–Trinajstić information content (AvgIpc) is 2.26. The van der Waals surface area contributed by atoms with Crippen LogP contribution in [0.3, 0.4) is 0 Å². The van der Waals surface area contributed by atoms with E-state index in [1.165, 1.54) is 0 Å². The summed E-state index contributed by atoms with van der Waals surface area (Å²) >= 11 is 0. The average molecular weight is 230 g/mol. The molecular formula is C14H18N2O. The van der Waals surface area contributed by atoms with Crippen LogP contribution < -0.4 is 10.9 Å². The number of aryl methyl sites for hydroxylation is 1. The Balaban J connectivity index is 2.41. The third-order valence-corrected chi connectivity index (χ3v) is 2.78. The maximum absolute atomic E-state index is 11.9. The van der Waals surface area contributed by atoms with Crippen molar-refractivity contribution in [1.29, 1.82) is 0 Å². The Morgan fingerprint density at radius 2 is 2.06 bits per heavy atom. The van der Waals surface area contributed by atoms with Gasteiger partial charge in [0.25, 0.3) is 5.56 Å². The summed E-state index contributed by atoms with van der Waals surface area (Å²) in [7, 11) is 0. The summed E-state index contributed by atoms with van der Waals surface area (Å²) in [4.78, 5) is 14.8. The summed E-state index contributed by atoms with van der Waals surface area (Å²) in [5, 5.41) is 4.34. The van der Waals surface area contributed by atoms with Crippen LogP contribution in [0.4, 0.5) is 0 Å². The molecule has 0 aliphatic rings. The molecule has 2 N–H and O–H groups in total. The van der Waals surface area contributed by atoms with Gasteiger partial charge in [-0.3, -0.25) is 4.79 Å². The van der Waals surface area contributed by atoms with Crippen molar-refractivity contribution in [3.05, 3.63) is 45.7 Å². The standard InChI is InChI=1S/C14H18N2O/c1-9(2)15-8-12-7-11-5-4-10(3)6-13(11)16-14(12)17/h4-7,9,15H,8H2,1-3H3,(H,16,17). The minimum atomic E-state index is -0.00347. The van der Waals surface area contributed by atoms with Crippen LogP contribution in [0.2, 0.25) is 0 Å². The molecular weight excluding hydrogens is 212 g/mol. The van der Waals surface area contributed by atoms with Gasteiger partial charge in [0.1, 0.15) is 0 Å². The van der Waals surface area contributed by atoms with Crippen LogP contribution in [0, 0.1) is 6.92 Å². The predicted molar refractivity (Wildman–Crippen MR) is 71.3 cm³/mol. The lowest BCUT2D eigenvalue weighted by Gasteiger charge is -2.08. The van der Waals surface area contributed by atoms with E-state index in [9.17, 15) is 4.79 Å². The van der Waals surface area contributed by atoms with Gasteiger partial charge in [0.05, 0.1) is 0 Å². The normalized spacial score (nSPS) is 11.3. The van der Waals surface area contributed by atoms with E-state index >= 15 is 0 Å². The zero-order valence-corrected chi connectivity index (χ0v) is 10.5. The number of aromatic amines is 1. The maximum Gasteiger partial charge on any atom is 0.252 e. The maximum atomic E-state index is 11.9. The first-order valence-electron chi connectivity index (χ1n) is 5.92. The smallest absolute Gasteiger partial charge is 0.252 e. The van der Waals surface area contributed by atoms with E-state index in [1.54, 1.807) is 0 Å². The molecule has 0 fully saturated rings. The Kier molecular flexibility index (Phi) is 3.29.